The van der Waals surface area contributed by atoms with E-state index in [4.69, 9.17) is 15.7 Å². The van der Waals surface area contributed by atoms with Crippen molar-refractivity contribution < 1.29 is 0 Å². The lowest BCUT2D eigenvalue weighted by atomic mass is 9.78. The third-order valence-electron chi connectivity index (χ3n) is 4.66. The zero-order chi connectivity index (χ0) is 16.0. The summed E-state index contributed by atoms with van der Waals surface area (Å²) in [6, 6.07) is 2.39. The SMILES string of the molecule is Cc1nc([C@H](C)Nc2cc(C3CC(N)C3)nc(C3CC3)n2)n[nH]1. The molecule has 2 heterocycles. The summed E-state index contributed by atoms with van der Waals surface area (Å²) >= 11 is 0. The van der Waals surface area contributed by atoms with E-state index in [2.05, 4.69) is 26.6 Å². The van der Waals surface area contributed by atoms with Crippen LogP contribution in [0, 0.1) is 6.92 Å². The van der Waals surface area contributed by atoms with Crippen LogP contribution in [-0.4, -0.2) is 31.2 Å². The lowest BCUT2D eigenvalue weighted by Gasteiger charge is -2.32. The van der Waals surface area contributed by atoms with E-state index in [1.165, 1.54) is 12.8 Å². The maximum absolute atomic E-state index is 5.93. The first-order valence-electron chi connectivity index (χ1n) is 8.38. The van der Waals surface area contributed by atoms with Gasteiger partial charge in [-0.2, -0.15) is 5.10 Å². The number of hydrogen-bond acceptors (Lipinski definition) is 6. The molecule has 2 aromatic heterocycles. The molecule has 0 radical (unpaired) electrons. The number of aryl methyl sites for hydroxylation is 1. The molecule has 2 fully saturated rings. The van der Waals surface area contributed by atoms with Crippen LogP contribution in [-0.2, 0) is 0 Å². The number of nitrogens with two attached hydrogens (primary N) is 1. The standard InChI is InChI=1S/C16H23N7/c1-8(15-19-9(2)22-23-15)18-14-7-13(11-5-12(17)6-11)20-16(21-14)10-3-4-10/h7-8,10-12H,3-6,17H2,1-2H3,(H,18,20,21)(H,19,22,23)/t8-,11?,12?/m0/s1. The Morgan fingerprint density at radius 3 is 2.61 bits per heavy atom. The van der Waals surface area contributed by atoms with Gasteiger partial charge in [-0.25, -0.2) is 15.0 Å². The third kappa shape index (κ3) is 3.06. The minimum absolute atomic E-state index is 0.00148. The van der Waals surface area contributed by atoms with Crippen LogP contribution in [0.3, 0.4) is 0 Å². The van der Waals surface area contributed by atoms with Crippen LogP contribution >= 0.6 is 0 Å². The van der Waals surface area contributed by atoms with Crippen molar-refractivity contribution in [2.75, 3.05) is 5.32 Å². The molecule has 0 spiro atoms. The fourth-order valence-corrected chi connectivity index (χ4v) is 3.04. The topological polar surface area (TPSA) is 105 Å². The van der Waals surface area contributed by atoms with Gasteiger partial charge in [0.15, 0.2) is 5.82 Å². The summed E-state index contributed by atoms with van der Waals surface area (Å²) < 4.78 is 0. The molecule has 0 bridgehead atoms. The molecule has 0 aliphatic heterocycles. The highest BCUT2D eigenvalue weighted by Gasteiger charge is 2.32. The summed E-state index contributed by atoms with van der Waals surface area (Å²) in [7, 11) is 0. The quantitative estimate of drug-likeness (QED) is 0.781. The predicted octanol–water partition coefficient (Wildman–Crippen LogP) is 2.16. The number of rotatable bonds is 5. The molecular weight excluding hydrogens is 290 g/mol. The van der Waals surface area contributed by atoms with Gasteiger partial charge in [0.1, 0.15) is 17.5 Å². The molecule has 7 heteroatoms. The molecule has 0 amide bonds. The number of nitrogens with zero attached hydrogens (tertiary/aromatic N) is 4. The molecule has 2 saturated carbocycles. The summed E-state index contributed by atoms with van der Waals surface area (Å²) in [4.78, 5) is 13.9. The number of anilines is 1. The van der Waals surface area contributed by atoms with Crippen molar-refractivity contribution >= 4 is 5.82 Å². The summed E-state index contributed by atoms with van der Waals surface area (Å²) in [5.41, 5.74) is 7.06. The number of hydrogen-bond donors (Lipinski definition) is 3. The smallest absolute Gasteiger partial charge is 0.172 e. The van der Waals surface area contributed by atoms with Gasteiger partial charge >= 0.3 is 0 Å². The van der Waals surface area contributed by atoms with Gasteiger partial charge in [-0.05, 0) is 39.5 Å². The summed E-state index contributed by atoms with van der Waals surface area (Å²) in [5, 5.41) is 10.5. The van der Waals surface area contributed by atoms with Gasteiger partial charge in [-0.1, -0.05) is 0 Å². The molecule has 2 aliphatic carbocycles. The largest absolute Gasteiger partial charge is 0.360 e. The minimum atomic E-state index is -0.00148. The van der Waals surface area contributed by atoms with Crippen LogP contribution in [0.25, 0.3) is 0 Å². The highest BCUT2D eigenvalue weighted by molar-refractivity contribution is 5.40. The fourth-order valence-electron chi connectivity index (χ4n) is 3.04. The first kappa shape index (κ1) is 14.6. The average Bonchev–Trinajstić information content (AvgIpc) is 3.25. The Kier molecular flexibility index (Phi) is 3.52. The highest BCUT2D eigenvalue weighted by atomic mass is 15.2. The van der Waals surface area contributed by atoms with Gasteiger partial charge in [0, 0.05) is 29.6 Å². The van der Waals surface area contributed by atoms with E-state index in [0.717, 1.165) is 41.8 Å². The van der Waals surface area contributed by atoms with Crippen molar-refractivity contribution in [1.82, 2.24) is 25.1 Å². The summed E-state index contributed by atoms with van der Waals surface area (Å²) in [6.07, 6.45) is 4.44. The third-order valence-corrected chi connectivity index (χ3v) is 4.66. The molecule has 0 aromatic carbocycles. The van der Waals surface area contributed by atoms with E-state index in [9.17, 15) is 0 Å². The molecule has 2 aliphatic rings. The molecule has 0 saturated heterocycles. The Morgan fingerprint density at radius 2 is 2.00 bits per heavy atom. The second-order valence-corrected chi connectivity index (χ2v) is 6.88. The Hall–Kier alpha value is -2.02. The molecule has 0 unspecified atom stereocenters. The molecule has 7 nitrogen and oxygen atoms in total. The van der Waals surface area contributed by atoms with Gasteiger partial charge in [-0.3, -0.25) is 5.10 Å². The lowest BCUT2D eigenvalue weighted by Crippen LogP contribution is -2.35. The maximum Gasteiger partial charge on any atom is 0.172 e. The van der Waals surface area contributed by atoms with E-state index < -0.39 is 0 Å². The first-order valence-corrected chi connectivity index (χ1v) is 8.38. The van der Waals surface area contributed by atoms with E-state index in [1.807, 2.05) is 13.8 Å². The van der Waals surface area contributed by atoms with E-state index >= 15 is 0 Å². The van der Waals surface area contributed by atoms with Gasteiger partial charge in [0.2, 0.25) is 0 Å². The van der Waals surface area contributed by atoms with Crippen molar-refractivity contribution in [3.8, 4) is 0 Å². The molecule has 122 valence electrons. The zero-order valence-corrected chi connectivity index (χ0v) is 13.6. The van der Waals surface area contributed by atoms with Crippen LogP contribution in [0.5, 0.6) is 0 Å². The lowest BCUT2D eigenvalue weighted by molar-refractivity contribution is 0.344. The van der Waals surface area contributed by atoms with Crippen LogP contribution in [0.15, 0.2) is 6.07 Å². The van der Waals surface area contributed by atoms with Crippen molar-refractivity contribution in [2.45, 2.75) is 63.5 Å². The van der Waals surface area contributed by atoms with E-state index in [-0.39, 0.29) is 6.04 Å². The van der Waals surface area contributed by atoms with Crippen molar-refractivity contribution in [2.24, 2.45) is 5.73 Å². The molecule has 23 heavy (non-hydrogen) atoms. The summed E-state index contributed by atoms with van der Waals surface area (Å²) in [6.45, 7) is 3.94. The van der Waals surface area contributed by atoms with Gasteiger partial charge in [0.05, 0.1) is 6.04 Å². The predicted molar refractivity (Wildman–Crippen MR) is 87.1 cm³/mol. The number of aromatic nitrogens is 5. The first-order chi connectivity index (χ1) is 11.1. The van der Waals surface area contributed by atoms with Gasteiger partial charge < -0.3 is 11.1 Å². The van der Waals surface area contributed by atoms with Crippen molar-refractivity contribution in [1.29, 1.82) is 0 Å². The Bertz CT molecular complexity index is 700. The number of aromatic amines is 1. The molecule has 1 atom stereocenters. The van der Waals surface area contributed by atoms with E-state index in [0.29, 0.717) is 17.9 Å². The molecular formula is C16H23N7. The Labute approximate surface area is 135 Å². The van der Waals surface area contributed by atoms with E-state index in [1.54, 1.807) is 0 Å². The normalized spacial score (nSPS) is 25.0. The van der Waals surface area contributed by atoms with Crippen LogP contribution < -0.4 is 11.1 Å². The second-order valence-electron chi connectivity index (χ2n) is 6.88. The highest BCUT2D eigenvalue weighted by Crippen LogP contribution is 2.41. The Balaban J connectivity index is 1.56. The second kappa shape index (κ2) is 5.56. The Morgan fingerprint density at radius 1 is 1.22 bits per heavy atom. The van der Waals surface area contributed by atoms with Crippen LogP contribution in [0.2, 0.25) is 0 Å². The van der Waals surface area contributed by atoms with Crippen LogP contribution in [0.1, 0.15) is 73.7 Å². The number of nitrogens with one attached hydrogen (secondary N) is 2. The minimum Gasteiger partial charge on any atom is -0.360 e. The average molecular weight is 313 g/mol. The molecule has 4 N–H and O–H groups in total. The molecule has 4 rings (SSSR count). The van der Waals surface area contributed by atoms with Crippen molar-refractivity contribution in [3.05, 3.63) is 29.2 Å². The van der Waals surface area contributed by atoms with Gasteiger partial charge in [0.25, 0.3) is 0 Å². The van der Waals surface area contributed by atoms with Crippen LogP contribution in [0.4, 0.5) is 5.82 Å². The fraction of sp³-hybridized carbons (Fsp3) is 0.625. The molecule has 2 aromatic rings. The zero-order valence-electron chi connectivity index (χ0n) is 13.6. The van der Waals surface area contributed by atoms with Crippen molar-refractivity contribution in [3.63, 3.8) is 0 Å². The van der Waals surface area contributed by atoms with Gasteiger partial charge in [-0.15, -0.1) is 0 Å². The number of H-pyrrole nitrogens is 1. The summed E-state index contributed by atoms with van der Waals surface area (Å²) in [5.74, 6) is 4.43. The monoisotopic (exact) mass is 313 g/mol. The maximum atomic E-state index is 5.93.